The molecule has 1 aromatic carbocycles. The first-order chi connectivity index (χ1) is 12.8. The second kappa shape index (κ2) is 6.21. The first kappa shape index (κ1) is 15.5. The Labute approximate surface area is 155 Å². The maximum atomic E-state index is 6.03. The van der Waals surface area contributed by atoms with Gasteiger partial charge in [-0.25, -0.2) is 9.97 Å². The van der Waals surface area contributed by atoms with E-state index < -0.39 is 0 Å². The molecule has 5 rings (SSSR count). The van der Waals surface area contributed by atoms with Crippen molar-refractivity contribution in [3.05, 3.63) is 41.7 Å². The van der Waals surface area contributed by atoms with Crippen LogP contribution in [0.3, 0.4) is 0 Å². The Bertz CT molecular complexity index is 1080. The van der Waals surface area contributed by atoms with Gasteiger partial charge >= 0.3 is 0 Å². The molecule has 1 fully saturated rings. The zero-order valence-corrected chi connectivity index (χ0v) is 15.0. The molecular formula is C19H19ClN6. The lowest BCUT2D eigenvalue weighted by Gasteiger charge is -2.28. The fourth-order valence-corrected chi connectivity index (χ4v) is 3.75. The molecule has 4 heterocycles. The molecule has 1 saturated heterocycles. The van der Waals surface area contributed by atoms with E-state index in [1.165, 1.54) is 24.9 Å². The number of anilines is 3. The van der Waals surface area contributed by atoms with E-state index in [4.69, 9.17) is 16.6 Å². The molecule has 4 aromatic rings. The number of pyridine rings is 1. The van der Waals surface area contributed by atoms with Gasteiger partial charge in [0.25, 0.3) is 0 Å². The van der Waals surface area contributed by atoms with Crippen LogP contribution in [0.2, 0.25) is 5.15 Å². The molecule has 132 valence electrons. The normalized spacial score (nSPS) is 15.0. The van der Waals surface area contributed by atoms with Crippen LogP contribution in [0.1, 0.15) is 19.3 Å². The van der Waals surface area contributed by atoms with Crippen LogP contribution >= 0.6 is 11.6 Å². The highest BCUT2D eigenvalue weighted by molar-refractivity contribution is 6.29. The Morgan fingerprint density at radius 1 is 1.00 bits per heavy atom. The summed E-state index contributed by atoms with van der Waals surface area (Å²) in [5, 5.41) is 3.78. The Balaban J connectivity index is 1.46. The van der Waals surface area contributed by atoms with Crippen LogP contribution in [-0.4, -0.2) is 33.0 Å². The van der Waals surface area contributed by atoms with Crippen molar-refractivity contribution in [3.8, 4) is 0 Å². The molecule has 0 unspecified atom stereocenters. The molecule has 1 aliphatic heterocycles. The average molecular weight is 367 g/mol. The largest absolute Gasteiger partial charge is 0.371 e. The number of hydrogen-bond acceptors (Lipinski definition) is 4. The monoisotopic (exact) mass is 366 g/mol. The first-order valence-corrected chi connectivity index (χ1v) is 9.29. The van der Waals surface area contributed by atoms with Crippen LogP contribution in [-0.2, 0) is 0 Å². The fraction of sp³-hybridized carbons (Fsp3) is 0.263. The second-order valence-corrected chi connectivity index (χ2v) is 7.08. The molecule has 7 heteroatoms. The van der Waals surface area contributed by atoms with E-state index in [0.29, 0.717) is 11.1 Å². The maximum absolute atomic E-state index is 6.03. The van der Waals surface area contributed by atoms with Crippen molar-refractivity contribution < 1.29 is 0 Å². The van der Waals surface area contributed by atoms with Crippen molar-refractivity contribution in [2.75, 3.05) is 23.3 Å². The number of aromatic nitrogens is 4. The molecule has 0 atom stereocenters. The van der Waals surface area contributed by atoms with E-state index in [9.17, 15) is 0 Å². The van der Waals surface area contributed by atoms with Crippen LogP contribution in [0.15, 0.2) is 36.5 Å². The molecule has 0 radical (unpaired) electrons. The highest BCUT2D eigenvalue weighted by atomic mass is 35.5. The highest BCUT2D eigenvalue weighted by Crippen LogP contribution is 2.28. The summed E-state index contributed by atoms with van der Waals surface area (Å²) >= 11 is 6.03. The van der Waals surface area contributed by atoms with E-state index in [1.807, 2.05) is 12.3 Å². The molecule has 0 bridgehead atoms. The van der Waals surface area contributed by atoms with E-state index in [1.54, 1.807) is 6.07 Å². The Hall–Kier alpha value is -2.73. The third-order valence-electron chi connectivity index (χ3n) is 4.93. The predicted octanol–water partition coefficient (Wildman–Crippen LogP) is 4.83. The summed E-state index contributed by atoms with van der Waals surface area (Å²) in [6.45, 7) is 2.26. The Morgan fingerprint density at radius 2 is 1.85 bits per heavy atom. The van der Waals surface area contributed by atoms with Crippen molar-refractivity contribution in [2.45, 2.75) is 19.3 Å². The van der Waals surface area contributed by atoms with Gasteiger partial charge in [-0.15, -0.1) is 0 Å². The standard InChI is InChI=1S/C19H19ClN6/c20-17-7-6-14-18(25-17)16(11-21-14)24-19-22-13-5-4-12(10-15(13)23-19)26-8-2-1-3-9-26/h4-7,10-11,21H,1-3,8-9H2,(H2,22,23,24). The number of piperidine rings is 1. The first-order valence-electron chi connectivity index (χ1n) is 8.92. The lowest BCUT2D eigenvalue weighted by atomic mass is 10.1. The molecule has 1 aliphatic rings. The number of nitrogens with one attached hydrogen (secondary N) is 3. The Kier molecular flexibility index (Phi) is 3.71. The lowest BCUT2D eigenvalue weighted by molar-refractivity contribution is 0.578. The third-order valence-corrected chi connectivity index (χ3v) is 5.14. The van der Waals surface area contributed by atoms with Crippen molar-refractivity contribution >= 4 is 51.0 Å². The quantitative estimate of drug-likeness (QED) is 0.454. The van der Waals surface area contributed by atoms with Gasteiger partial charge in [0, 0.05) is 25.0 Å². The van der Waals surface area contributed by atoms with Crippen LogP contribution in [0, 0.1) is 0 Å². The van der Waals surface area contributed by atoms with Crippen molar-refractivity contribution in [1.29, 1.82) is 0 Å². The molecule has 0 saturated carbocycles. The summed E-state index contributed by atoms with van der Waals surface area (Å²) in [7, 11) is 0. The van der Waals surface area contributed by atoms with Gasteiger partial charge in [-0.3, -0.25) is 0 Å². The predicted molar refractivity (Wildman–Crippen MR) is 107 cm³/mol. The van der Waals surface area contributed by atoms with Gasteiger partial charge in [0.05, 0.1) is 22.2 Å². The highest BCUT2D eigenvalue weighted by Gasteiger charge is 2.13. The van der Waals surface area contributed by atoms with Gasteiger partial charge in [-0.2, -0.15) is 0 Å². The van der Waals surface area contributed by atoms with Gasteiger partial charge in [0.1, 0.15) is 10.7 Å². The van der Waals surface area contributed by atoms with E-state index in [-0.39, 0.29) is 0 Å². The number of imidazole rings is 1. The van der Waals surface area contributed by atoms with Crippen LogP contribution in [0.25, 0.3) is 22.1 Å². The van der Waals surface area contributed by atoms with Gasteiger partial charge in [-0.1, -0.05) is 11.6 Å². The smallest absolute Gasteiger partial charge is 0.205 e. The van der Waals surface area contributed by atoms with Gasteiger partial charge in [-0.05, 0) is 49.6 Å². The zero-order valence-electron chi connectivity index (χ0n) is 14.2. The number of halogens is 1. The number of hydrogen-bond donors (Lipinski definition) is 3. The van der Waals surface area contributed by atoms with Crippen molar-refractivity contribution in [1.82, 2.24) is 19.9 Å². The van der Waals surface area contributed by atoms with E-state index >= 15 is 0 Å². The third kappa shape index (κ3) is 2.76. The van der Waals surface area contributed by atoms with Crippen molar-refractivity contribution in [2.24, 2.45) is 0 Å². The number of fused-ring (bicyclic) bond motifs is 2. The van der Waals surface area contributed by atoms with E-state index in [2.05, 4.69) is 43.4 Å². The van der Waals surface area contributed by atoms with Crippen LogP contribution < -0.4 is 10.2 Å². The summed E-state index contributed by atoms with van der Waals surface area (Å²) in [5.74, 6) is 0.693. The summed E-state index contributed by atoms with van der Waals surface area (Å²) < 4.78 is 0. The van der Waals surface area contributed by atoms with Gasteiger partial charge in [0.15, 0.2) is 0 Å². The molecule has 26 heavy (non-hydrogen) atoms. The number of benzene rings is 1. The van der Waals surface area contributed by atoms with Gasteiger partial charge < -0.3 is 20.2 Å². The fourth-order valence-electron chi connectivity index (χ4n) is 3.60. The Morgan fingerprint density at radius 3 is 2.73 bits per heavy atom. The molecule has 3 N–H and O–H groups in total. The molecule has 6 nitrogen and oxygen atoms in total. The van der Waals surface area contributed by atoms with Crippen LogP contribution in [0.4, 0.5) is 17.3 Å². The summed E-state index contributed by atoms with van der Waals surface area (Å²) in [6, 6.07) is 10.1. The minimum absolute atomic E-state index is 0.468. The van der Waals surface area contributed by atoms with E-state index in [0.717, 1.165) is 40.8 Å². The molecule has 0 aliphatic carbocycles. The lowest BCUT2D eigenvalue weighted by Crippen LogP contribution is -2.29. The maximum Gasteiger partial charge on any atom is 0.205 e. The second-order valence-electron chi connectivity index (χ2n) is 6.69. The van der Waals surface area contributed by atoms with Crippen LogP contribution in [0.5, 0.6) is 0 Å². The summed E-state index contributed by atoms with van der Waals surface area (Å²) in [5.41, 5.74) is 5.79. The topological polar surface area (TPSA) is 72.6 Å². The van der Waals surface area contributed by atoms with Crippen molar-refractivity contribution in [3.63, 3.8) is 0 Å². The summed E-state index contributed by atoms with van der Waals surface area (Å²) in [6.07, 6.45) is 5.74. The molecule has 0 amide bonds. The summed E-state index contributed by atoms with van der Waals surface area (Å²) in [4.78, 5) is 18.0. The number of nitrogens with zero attached hydrogens (tertiary/aromatic N) is 3. The average Bonchev–Trinajstić information content (AvgIpc) is 3.25. The van der Waals surface area contributed by atoms with Gasteiger partial charge in [0.2, 0.25) is 5.95 Å². The molecule has 0 spiro atoms. The number of aromatic amines is 2. The molecule has 3 aromatic heterocycles. The SMILES string of the molecule is Clc1ccc2[nH]cc(Nc3nc4cc(N5CCCCC5)ccc4[nH]3)c2n1. The minimum atomic E-state index is 0.468. The molecular weight excluding hydrogens is 348 g/mol. The number of H-pyrrole nitrogens is 2. The zero-order chi connectivity index (χ0) is 17.5. The number of rotatable bonds is 3. The minimum Gasteiger partial charge on any atom is -0.371 e.